The third kappa shape index (κ3) is 3.66. The van der Waals surface area contributed by atoms with Gasteiger partial charge in [0.05, 0.1) is 16.5 Å². The largest absolute Gasteiger partial charge is 0.392 e. The van der Waals surface area contributed by atoms with Crippen molar-refractivity contribution in [3.8, 4) is 0 Å². The van der Waals surface area contributed by atoms with E-state index in [1.54, 1.807) is 25.1 Å². The van der Waals surface area contributed by atoms with Crippen molar-refractivity contribution in [2.45, 2.75) is 17.9 Å². The molecule has 1 fully saturated rings. The van der Waals surface area contributed by atoms with Crippen LogP contribution in [0.15, 0.2) is 29.4 Å². The summed E-state index contributed by atoms with van der Waals surface area (Å²) in [7, 11) is -3.27. The molecule has 3 rings (SSSR count). The fraction of sp³-hybridized carbons (Fsp3) is 0.500. The zero-order valence-electron chi connectivity index (χ0n) is 13.9. The van der Waals surface area contributed by atoms with Crippen LogP contribution in [0.1, 0.15) is 6.92 Å². The van der Waals surface area contributed by atoms with Gasteiger partial charge in [0.15, 0.2) is 9.84 Å². The van der Waals surface area contributed by atoms with E-state index in [0.717, 1.165) is 42.9 Å². The van der Waals surface area contributed by atoms with Gasteiger partial charge in [0, 0.05) is 44.4 Å². The molecular weight excluding hydrogens is 328 g/mol. The average molecular weight is 350 g/mol. The summed E-state index contributed by atoms with van der Waals surface area (Å²) in [6.07, 6.45) is 2.38. The van der Waals surface area contributed by atoms with Crippen molar-refractivity contribution in [1.29, 1.82) is 0 Å². The van der Waals surface area contributed by atoms with Crippen LogP contribution < -0.4 is 4.90 Å². The third-order valence-corrected chi connectivity index (χ3v) is 5.32. The highest BCUT2D eigenvalue weighted by atomic mass is 32.2. The van der Waals surface area contributed by atoms with Crippen LogP contribution in [-0.2, 0) is 9.84 Å². The van der Waals surface area contributed by atoms with E-state index in [1.165, 1.54) is 12.6 Å². The van der Waals surface area contributed by atoms with E-state index in [1.807, 2.05) is 0 Å². The summed E-state index contributed by atoms with van der Waals surface area (Å²) in [6, 6.07) is 4.96. The molecule has 0 radical (unpaired) electrons. The lowest BCUT2D eigenvalue weighted by Gasteiger charge is -2.36. The quantitative estimate of drug-likeness (QED) is 0.861. The first-order valence-corrected chi connectivity index (χ1v) is 9.84. The van der Waals surface area contributed by atoms with Gasteiger partial charge in [0.1, 0.15) is 12.1 Å². The number of piperazine rings is 1. The first-order valence-electron chi connectivity index (χ1n) is 7.95. The van der Waals surface area contributed by atoms with E-state index in [2.05, 4.69) is 19.8 Å². The molecule has 0 spiro atoms. The standard InChI is InChI=1S/C16H22N4O3S/c1-12(21)10-19-5-7-20(8-6-19)16-14-9-13(24(2,22)23)3-4-15(14)17-11-18-16/h3-4,9,11-12,21H,5-8,10H2,1-2H3/t12-/m1/s1. The lowest BCUT2D eigenvalue weighted by molar-refractivity contribution is 0.122. The first kappa shape index (κ1) is 17.1. The third-order valence-electron chi connectivity index (χ3n) is 4.21. The van der Waals surface area contributed by atoms with Crippen LogP contribution in [0.25, 0.3) is 10.9 Å². The number of benzene rings is 1. The van der Waals surface area contributed by atoms with Crippen LogP contribution >= 0.6 is 0 Å². The smallest absolute Gasteiger partial charge is 0.175 e. The Morgan fingerprint density at radius 1 is 1.21 bits per heavy atom. The fourth-order valence-electron chi connectivity index (χ4n) is 3.02. The van der Waals surface area contributed by atoms with Gasteiger partial charge < -0.3 is 10.0 Å². The molecule has 24 heavy (non-hydrogen) atoms. The van der Waals surface area contributed by atoms with Crippen LogP contribution in [0.3, 0.4) is 0 Å². The molecule has 0 saturated carbocycles. The second-order valence-electron chi connectivity index (χ2n) is 6.29. The zero-order chi connectivity index (χ0) is 17.3. The Labute approximate surface area is 141 Å². The van der Waals surface area contributed by atoms with Crippen molar-refractivity contribution < 1.29 is 13.5 Å². The zero-order valence-corrected chi connectivity index (χ0v) is 14.7. The van der Waals surface area contributed by atoms with Gasteiger partial charge in [-0.25, -0.2) is 18.4 Å². The molecule has 1 aromatic carbocycles. The van der Waals surface area contributed by atoms with Crippen molar-refractivity contribution in [1.82, 2.24) is 14.9 Å². The summed E-state index contributed by atoms with van der Waals surface area (Å²) in [4.78, 5) is 13.3. The highest BCUT2D eigenvalue weighted by Crippen LogP contribution is 2.26. The van der Waals surface area contributed by atoms with E-state index in [4.69, 9.17) is 0 Å². The Morgan fingerprint density at radius 2 is 1.92 bits per heavy atom. The predicted molar refractivity (Wildman–Crippen MR) is 93.0 cm³/mol. The highest BCUT2D eigenvalue weighted by Gasteiger charge is 2.21. The maximum Gasteiger partial charge on any atom is 0.175 e. The maximum absolute atomic E-state index is 11.8. The normalized spacial score (nSPS) is 18.0. The Kier molecular flexibility index (Phi) is 4.71. The lowest BCUT2D eigenvalue weighted by Crippen LogP contribution is -2.48. The topological polar surface area (TPSA) is 86.6 Å². The Balaban J connectivity index is 1.90. The van der Waals surface area contributed by atoms with Gasteiger partial charge in [-0.15, -0.1) is 0 Å². The SMILES string of the molecule is C[C@@H](O)CN1CCN(c2ncnc3ccc(S(C)(=O)=O)cc23)CC1. The number of aliphatic hydroxyl groups excluding tert-OH is 1. The number of rotatable bonds is 4. The number of hydrogen-bond donors (Lipinski definition) is 1. The van der Waals surface area contributed by atoms with Gasteiger partial charge in [-0.2, -0.15) is 0 Å². The van der Waals surface area contributed by atoms with Gasteiger partial charge >= 0.3 is 0 Å². The summed E-state index contributed by atoms with van der Waals surface area (Å²) in [6.45, 7) is 5.68. The first-order chi connectivity index (χ1) is 11.3. The number of sulfone groups is 1. The monoisotopic (exact) mass is 350 g/mol. The van der Waals surface area contributed by atoms with Gasteiger partial charge in [0.2, 0.25) is 0 Å². The number of aromatic nitrogens is 2. The fourth-order valence-corrected chi connectivity index (χ4v) is 3.67. The summed E-state index contributed by atoms with van der Waals surface area (Å²) >= 11 is 0. The average Bonchev–Trinajstić information content (AvgIpc) is 2.53. The minimum absolute atomic E-state index is 0.277. The molecule has 0 aliphatic carbocycles. The molecule has 1 aromatic heterocycles. The molecule has 1 saturated heterocycles. The molecule has 7 nitrogen and oxygen atoms in total. The highest BCUT2D eigenvalue weighted by molar-refractivity contribution is 7.90. The summed E-state index contributed by atoms with van der Waals surface area (Å²) in [5.74, 6) is 0.766. The summed E-state index contributed by atoms with van der Waals surface area (Å²) in [5, 5.41) is 10.3. The number of hydrogen-bond acceptors (Lipinski definition) is 7. The molecule has 2 heterocycles. The van der Waals surface area contributed by atoms with Gasteiger partial charge in [-0.3, -0.25) is 4.90 Å². The van der Waals surface area contributed by atoms with Crippen LogP contribution in [0, 0.1) is 0 Å². The molecule has 1 atom stereocenters. The minimum Gasteiger partial charge on any atom is -0.392 e. The second-order valence-corrected chi connectivity index (χ2v) is 8.30. The molecule has 1 aliphatic rings. The molecule has 0 unspecified atom stereocenters. The van der Waals surface area contributed by atoms with Crippen molar-refractivity contribution >= 4 is 26.6 Å². The summed E-state index contributed by atoms with van der Waals surface area (Å²) in [5.41, 5.74) is 0.735. The molecule has 2 aromatic rings. The molecule has 0 bridgehead atoms. The molecule has 130 valence electrons. The lowest BCUT2D eigenvalue weighted by atomic mass is 10.2. The number of nitrogens with zero attached hydrogens (tertiary/aromatic N) is 4. The van der Waals surface area contributed by atoms with Crippen LogP contribution in [0.4, 0.5) is 5.82 Å². The second kappa shape index (κ2) is 6.62. The number of fused-ring (bicyclic) bond motifs is 1. The Morgan fingerprint density at radius 3 is 2.54 bits per heavy atom. The number of anilines is 1. The molecule has 1 N–H and O–H groups in total. The van der Waals surface area contributed by atoms with E-state index >= 15 is 0 Å². The van der Waals surface area contributed by atoms with Crippen LogP contribution in [-0.4, -0.2) is 73.5 Å². The molecular formula is C16H22N4O3S. The molecule has 0 amide bonds. The van der Waals surface area contributed by atoms with E-state index in [-0.39, 0.29) is 11.0 Å². The van der Waals surface area contributed by atoms with Gasteiger partial charge in [-0.05, 0) is 25.1 Å². The van der Waals surface area contributed by atoms with Crippen molar-refractivity contribution in [3.63, 3.8) is 0 Å². The van der Waals surface area contributed by atoms with Gasteiger partial charge in [-0.1, -0.05) is 0 Å². The van der Waals surface area contributed by atoms with Crippen LogP contribution in [0.5, 0.6) is 0 Å². The Hall–Kier alpha value is -1.77. The van der Waals surface area contributed by atoms with Crippen LogP contribution in [0.2, 0.25) is 0 Å². The minimum atomic E-state index is -3.27. The molecule has 1 aliphatic heterocycles. The van der Waals surface area contributed by atoms with Crippen molar-refractivity contribution in [3.05, 3.63) is 24.5 Å². The van der Waals surface area contributed by atoms with Crippen molar-refractivity contribution in [2.24, 2.45) is 0 Å². The Bertz CT molecular complexity index is 830. The predicted octanol–water partition coefficient (Wildman–Crippen LogP) is 0.536. The number of aliphatic hydroxyl groups is 1. The van der Waals surface area contributed by atoms with Crippen molar-refractivity contribution in [2.75, 3.05) is 43.9 Å². The maximum atomic E-state index is 11.8. The summed E-state index contributed by atoms with van der Waals surface area (Å²) < 4.78 is 23.7. The molecule has 8 heteroatoms. The van der Waals surface area contributed by atoms with Gasteiger partial charge in [0.25, 0.3) is 0 Å². The number of β-amino-alcohol motifs (C(OH)–C–C–N with tert-alkyl or cyclic N) is 1. The van der Waals surface area contributed by atoms with E-state index < -0.39 is 9.84 Å². The van der Waals surface area contributed by atoms with E-state index in [0.29, 0.717) is 6.54 Å². The van der Waals surface area contributed by atoms with E-state index in [9.17, 15) is 13.5 Å².